The second-order valence-corrected chi connectivity index (χ2v) is 5.14. The van der Waals surface area contributed by atoms with Crippen molar-refractivity contribution in [1.82, 2.24) is 4.90 Å². The van der Waals surface area contributed by atoms with Gasteiger partial charge in [0.25, 0.3) is 5.91 Å². The Hall–Kier alpha value is -2.40. The molecule has 22 heavy (non-hydrogen) atoms. The fraction of sp³-hybridized carbons (Fsp3) is 0.235. The maximum absolute atomic E-state index is 13.1. The number of para-hydroxylation sites is 1. The highest BCUT2D eigenvalue weighted by Crippen LogP contribution is 2.32. The molecule has 1 amide bonds. The van der Waals surface area contributed by atoms with Gasteiger partial charge in [0.2, 0.25) is 0 Å². The Bertz CT molecular complexity index is 673. The van der Waals surface area contributed by atoms with Gasteiger partial charge in [-0.3, -0.25) is 4.79 Å². The topological polar surface area (TPSA) is 41.6 Å². The van der Waals surface area contributed by atoms with Crippen LogP contribution in [0.1, 0.15) is 22.1 Å². The third-order valence-corrected chi connectivity index (χ3v) is 3.74. The van der Waals surface area contributed by atoms with Crippen molar-refractivity contribution >= 4 is 11.6 Å². The van der Waals surface area contributed by atoms with Gasteiger partial charge in [0.05, 0.1) is 12.2 Å². The number of anilines is 1. The lowest BCUT2D eigenvalue weighted by molar-refractivity contribution is 0.0609. The second kappa shape index (κ2) is 6.15. The molecular weight excluding hydrogens is 283 g/mol. The van der Waals surface area contributed by atoms with Crippen molar-refractivity contribution in [2.45, 2.75) is 6.17 Å². The Balaban J connectivity index is 1.99. The molecule has 1 atom stereocenters. The summed E-state index contributed by atoms with van der Waals surface area (Å²) in [6.45, 7) is 0.895. The summed E-state index contributed by atoms with van der Waals surface area (Å²) in [5.41, 5.74) is 2.26. The molecule has 1 unspecified atom stereocenters. The summed E-state index contributed by atoms with van der Waals surface area (Å²) in [5, 5.41) is 3.35. The molecule has 2 aromatic carbocycles. The zero-order valence-electron chi connectivity index (χ0n) is 12.3. The maximum Gasteiger partial charge on any atom is 0.257 e. The smallest absolute Gasteiger partial charge is 0.257 e. The van der Waals surface area contributed by atoms with E-state index in [1.807, 2.05) is 18.2 Å². The Labute approximate surface area is 128 Å². The average Bonchev–Trinajstić information content (AvgIpc) is 2.55. The normalized spacial score (nSPS) is 17.1. The number of hydrogen-bond acceptors (Lipinski definition) is 3. The number of methoxy groups -OCH3 is 1. The summed E-state index contributed by atoms with van der Waals surface area (Å²) in [6, 6.07) is 13.6. The SMILES string of the molecule is COCCN1C(=O)c2ccccc2NC1c1ccc(F)cc1. The minimum Gasteiger partial charge on any atom is -0.383 e. The highest BCUT2D eigenvalue weighted by Gasteiger charge is 2.32. The van der Waals surface area contributed by atoms with Crippen molar-refractivity contribution < 1.29 is 13.9 Å². The molecule has 1 aliphatic rings. The number of fused-ring (bicyclic) bond motifs is 1. The number of ether oxygens (including phenoxy) is 1. The fourth-order valence-electron chi connectivity index (χ4n) is 2.62. The summed E-state index contributed by atoms with van der Waals surface area (Å²) >= 11 is 0. The molecule has 0 saturated carbocycles. The van der Waals surface area contributed by atoms with Gasteiger partial charge >= 0.3 is 0 Å². The van der Waals surface area contributed by atoms with E-state index in [0.29, 0.717) is 18.7 Å². The van der Waals surface area contributed by atoms with Crippen LogP contribution in [0.5, 0.6) is 0 Å². The number of nitrogens with one attached hydrogen (secondary N) is 1. The summed E-state index contributed by atoms with van der Waals surface area (Å²) in [6.07, 6.45) is -0.335. The minimum absolute atomic E-state index is 0.0549. The molecule has 5 heteroatoms. The van der Waals surface area contributed by atoms with Crippen LogP contribution in [0.4, 0.5) is 10.1 Å². The maximum atomic E-state index is 13.1. The Morgan fingerprint density at radius 2 is 1.91 bits per heavy atom. The molecule has 0 fully saturated rings. The van der Waals surface area contributed by atoms with Crippen molar-refractivity contribution in [2.75, 3.05) is 25.6 Å². The lowest BCUT2D eigenvalue weighted by Crippen LogP contribution is -2.44. The van der Waals surface area contributed by atoms with E-state index in [4.69, 9.17) is 4.74 Å². The number of carbonyl (C=O) groups excluding carboxylic acids is 1. The average molecular weight is 300 g/mol. The lowest BCUT2D eigenvalue weighted by Gasteiger charge is -2.38. The van der Waals surface area contributed by atoms with Gasteiger partial charge in [0.15, 0.2) is 0 Å². The molecule has 3 rings (SSSR count). The summed E-state index contributed by atoms with van der Waals surface area (Å²) in [4.78, 5) is 14.4. The zero-order valence-corrected chi connectivity index (χ0v) is 12.3. The predicted molar refractivity (Wildman–Crippen MR) is 82.1 cm³/mol. The molecule has 0 bridgehead atoms. The first-order valence-electron chi connectivity index (χ1n) is 7.11. The van der Waals surface area contributed by atoms with E-state index in [-0.39, 0.29) is 17.9 Å². The van der Waals surface area contributed by atoms with Gasteiger partial charge in [0, 0.05) is 19.3 Å². The van der Waals surface area contributed by atoms with Crippen molar-refractivity contribution in [3.8, 4) is 0 Å². The van der Waals surface area contributed by atoms with Gasteiger partial charge in [-0.05, 0) is 29.8 Å². The van der Waals surface area contributed by atoms with E-state index < -0.39 is 0 Å². The minimum atomic E-state index is -0.335. The van der Waals surface area contributed by atoms with E-state index >= 15 is 0 Å². The van der Waals surface area contributed by atoms with Crippen molar-refractivity contribution in [2.24, 2.45) is 0 Å². The number of nitrogens with zero attached hydrogens (tertiary/aromatic N) is 1. The van der Waals surface area contributed by atoms with Gasteiger partial charge in [-0.15, -0.1) is 0 Å². The molecule has 0 saturated heterocycles. The molecule has 1 N–H and O–H groups in total. The zero-order chi connectivity index (χ0) is 15.5. The van der Waals surface area contributed by atoms with Gasteiger partial charge in [0.1, 0.15) is 12.0 Å². The lowest BCUT2D eigenvalue weighted by atomic mass is 10.0. The number of hydrogen-bond donors (Lipinski definition) is 1. The van der Waals surface area contributed by atoms with Crippen LogP contribution in [0.15, 0.2) is 48.5 Å². The number of halogens is 1. The summed E-state index contributed by atoms with van der Waals surface area (Å²) in [7, 11) is 1.60. The van der Waals surface area contributed by atoms with E-state index in [9.17, 15) is 9.18 Å². The highest BCUT2D eigenvalue weighted by molar-refractivity contribution is 6.01. The molecule has 0 radical (unpaired) electrons. The third-order valence-electron chi connectivity index (χ3n) is 3.74. The standard InChI is InChI=1S/C17H17FN2O2/c1-22-11-10-20-16(12-6-8-13(18)9-7-12)19-15-5-3-2-4-14(15)17(20)21/h2-9,16,19H,10-11H2,1H3. The van der Waals surface area contributed by atoms with Crippen LogP contribution in [0.3, 0.4) is 0 Å². The van der Waals surface area contributed by atoms with Crippen LogP contribution in [0.2, 0.25) is 0 Å². The van der Waals surface area contributed by atoms with E-state index in [1.165, 1.54) is 12.1 Å². The van der Waals surface area contributed by atoms with Crippen LogP contribution in [-0.4, -0.2) is 31.1 Å². The molecule has 0 aromatic heterocycles. The monoisotopic (exact) mass is 300 g/mol. The molecule has 0 aliphatic carbocycles. The van der Waals surface area contributed by atoms with Crippen LogP contribution in [-0.2, 0) is 4.74 Å². The van der Waals surface area contributed by atoms with Crippen LogP contribution in [0, 0.1) is 5.82 Å². The van der Waals surface area contributed by atoms with E-state index in [0.717, 1.165) is 11.3 Å². The first-order valence-corrected chi connectivity index (χ1v) is 7.11. The molecule has 0 spiro atoms. The van der Waals surface area contributed by atoms with E-state index in [2.05, 4.69) is 5.32 Å². The van der Waals surface area contributed by atoms with Gasteiger partial charge in [-0.25, -0.2) is 4.39 Å². The number of benzene rings is 2. The number of rotatable bonds is 4. The summed E-state index contributed by atoms with van der Waals surface area (Å²) in [5.74, 6) is -0.351. The van der Waals surface area contributed by atoms with Crippen molar-refractivity contribution in [1.29, 1.82) is 0 Å². The van der Waals surface area contributed by atoms with Crippen molar-refractivity contribution in [3.05, 3.63) is 65.5 Å². The highest BCUT2D eigenvalue weighted by atomic mass is 19.1. The fourth-order valence-corrected chi connectivity index (χ4v) is 2.62. The van der Waals surface area contributed by atoms with Gasteiger partial charge in [-0.1, -0.05) is 24.3 Å². The molecule has 114 valence electrons. The Morgan fingerprint density at radius 3 is 2.64 bits per heavy atom. The van der Waals surface area contributed by atoms with Crippen molar-refractivity contribution in [3.63, 3.8) is 0 Å². The third kappa shape index (κ3) is 2.67. The quantitative estimate of drug-likeness (QED) is 0.943. The molecule has 1 heterocycles. The van der Waals surface area contributed by atoms with Gasteiger partial charge < -0.3 is 15.0 Å². The second-order valence-electron chi connectivity index (χ2n) is 5.14. The van der Waals surface area contributed by atoms with Crippen LogP contribution < -0.4 is 5.32 Å². The largest absolute Gasteiger partial charge is 0.383 e. The van der Waals surface area contributed by atoms with Crippen LogP contribution in [0.25, 0.3) is 0 Å². The predicted octanol–water partition coefficient (Wildman–Crippen LogP) is 3.04. The first kappa shape index (κ1) is 14.5. The van der Waals surface area contributed by atoms with Gasteiger partial charge in [-0.2, -0.15) is 0 Å². The molecular formula is C17H17FN2O2. The number of carbonyl (C=O) groups is 1. The first-order chi connectivity index (χ1) is 10.7. The Morgan fingerprint density at radius 1 is 1.18 bits per heavy atom. The Kier molecular flexibility index (Phi) is 4.06. The van der Waals surface area contributed by atoms with Crippen LogP contribution >= 0.6 is 0 Å². The number of amides is 1. The summed E-state index contributed by atoms with van der Waals surface area (Å²) < 4.78 is 18.3. The van der Waals surface area contributed by atoms with E-state index in [1.54, 1.807) is 30.2 Å². The molecule has 1 aliphatic heterocycles. The molecule has 2 aromatic rings. The molecule has 4 nitrogen and oxygen atoms in total.